The van der Waals surface area contributed by atoms with Gasteiger partial charge in [0.1, 0.15) is 30.5 Å². The highest BCUT2D eigenvalue weighted by atomic mass is 16.9. The summed E-state index contributed by atoms with van der Waals surface area (Å²) in [5.41, 5.74) is 1.04. The molecule has 0 amide bonds. The normalized spacial score (nSPS) is 37.6. The molecular weight excluding hydrogens is 352 g/mol. The Kier molecular flexibility index (Phi) is 5.05. The molecule has 3 heterocycles. The van der Waals surface area contributed by atoms with Gasteiger partial charge in [0.2, 0.25) is 0 Å². The van der Waals surface area contributed by atoms with E-state index in [1.54, 1.807) is 0 Å². The molecule has 0 unspecified atom stereocenters. The molecule has 1 aromatic carbocycles. The molecule has 3 aliphatic heterocycles. The molecule has 4 rings (SSSR count). The Bertz CT molecular complexity index is 647. The molecule has 3 saturated heterocycles. The van der Waals surface area contributed by atoms with Crippen LogP contribution in [0.5, 0.6) is 0 Å². The second-order valence-electron chi connectivity index (χ2n) is 8.20. The van der Waals surface area contributed by atoms with Crippen molar-refractivity contribution in [1.29, 1.82) is 0 Å². The molecule has 7 nitrogen and oxygen atoms in total. The fraction of sp³-hybridized carbons (Fsp3) is 0.700. The maximum Gasteiger partial charge on any atom is 0.190 e. The molecule has 0 spiro atoms. The minimum atomic E-state index is -0.882. The second kappa shape index (κ2) is 7.08. The summed E-state index contributed by atoms with van der Waals surface area (Å²) in [6.07, 6.45) is -3.38. The number of rotatable bonds is 5. The Morgan fingerprint density at radius 1 is 0.926 bits per heavy atom. The summed E-state index contributed by atoms with van der Waals surface area (Å²) in [6, 6.07) is 9.82. The van der Waals surface area contributed by atoms with E-state index in [9.17, 15) is 5.11 Å². The van der Waals surface area contributed by atoms with Crippen LogP contribution in [0.15, 0.2) is 30.3 Å². The van der Waals surface area contributed by atoms with Gasteiger partial charge < -0.3 is 33.5 Å². The minimum absolute atomic E-state index is 0.119. The zero-order chi connectivity index (χ0) is 19.2. The van der Waals surface area contributed by atoms with Crippen LogP contribution in [0.25, 0.3) is 0 Å². The SMILES string of the molecule is CC1(C)O[C@@H]2[C@H](O1)[C@H]1OC(C)(C)O[C@H]1O[C@@H]2[C@H](O)COCc1ccccc1. The van der Waals surface area contributed by atoms with Crippen LogP contribution < -0.4 is 0 Å². The van der Waals surface area contributed by atoms with Gasteiger partial charge in [0.05, 0.1) is 13.2 Å². The summed E-state index contributed by atoms with van der Waals surface area (Å²) in [7, 11) is 0. The number of hydrogen-bond donors (Lipinski definition) is 1. The molecule has 150 valence electrons. The van der Waals surface area contributed by atoms with Gasteiger partial charge in [0.15, 0.2) is 17.9 Å². The monoisotopic (exact) mass is 380 g/mol. The number of aliphatic hydroxyl groups excluding tert-OH is 1. The van der Waals surface area contributed by atoms with Crippen LogP contribution in [-0.4, -0.2) is 60.1 Å². The fourth-order valence-electron chi connectivity index (χ4n) is 3.92. The smallest absolute Gasteiger partial charge is 0.190 e. The van der Waals surface area contributed by atoms with Crippen LogP contribution in [-0.2, 0) is 35.0 Å². The van der Waals surface area contributed by atoms with Gasteiger partial charge in [-0.3, -0.25) is 0 Å². The number of aliphatic hydroxyl groups is 1. The summed E-state index contributed by atoms with van der Waals surface area (Å²) in [4.78, 5) is 0. The Hall–Kier alpha value is -1.06. The van der Waals surface area contributed by atoms with Gasteiger partial charge in [0.25, 0.3) is 0 Å². The van der Waals surface area contributed by atoms with Crippen LogP contribution in [0.1, 0.15) is 33.3 Å². The third-order valence-electron chi connectivity index (χ3n) is 4.97. The lowest BCUT2D eigenvalue weighted by Crippen LogP contribution is -2.59. The average molecular weight is 380 g/mol. The van der Waals surface area contributed by atoms with Crippen molar-refractivity contribution in [3.63, 3.8) is 0 Å². The van der Waals surface area contributed by atoms with Gasteiger partial charge in [-0.05, 0) is 33.3 Å². The Morgan fingerprint density at radius 3 is 2.30 bits per heavy atom. The highest BCUT2D eigenvalue weighted by Gasteiger charge is 2.61. The maximum absolute atomic E-state index is 10.7. The molecule has 1 aromatic rings. The first-order valence-corrected chi connectivity index (χ1v) is 9.41. The third kappa shape index (κ3) is 4.05. The van der Waals surface area contributed by atoms with Crippen molar-refractivity contribution in [2.75, 3.05) is 6.61 Å². The van der Waals surface area contributed by atoms with E-state index in [0.717, 1.165) is 5.56 Å². The van der Waals surface area contributed by atoms with Crippen molar-refractivity contribution < 1.29 is 33.5 Å². The molecule has 1 N–H and O–H groups in total. The van der Waals surface area contributed by atoms with Crippen LogP contribution >= 0.6 is 0 Å². The van der Waals surface area contributed by atoms with Crippen molar-refractivity contribution >= 4 is 0 Å². The number of ether oxygens (including phenoxy) is 6. The molecular formula is C20H28O7. The molecule has 6 atom stereocenters. The van der Waals surface area contributed by atoms with E-state index in [-0.39, 0.29) is 12.7 Å². The third-order valence-corrected chi connectivity index (χ3v) is 4.97. The molecule has 27 heavy (non-hydrogen) atoms. The molecule has 7 heteroatoms. The maximum atomic E-state index is 10.7. The highest BCUT2D eigenvalue weighted by Crippen LogP contribution is 2.44. The topological polar surface area (TPSA) is 75.6 Å². The second-order valence-corrected chi connectivity index (χ2v) is 8.20. The molecule has 0 radical (unpaired) electrons. The number of fused-ring (bicyclic) bond motifs is 3. The lowest BCUT2D eigenvalue weighted by atomic mass is 9.95. The Labute approximate surface area is 159 Å². The first-order valence-electron chi connectivity index (χ1n) is 9.41. The summed E-state index contributed by atoms with van der Waals surface area (Å²) in [5.74, 6) is -1.56. The molecule has 0 aromatic heterocycles. The van der Waals surface area contributed by atoms with Gasteiger partial charge in [-0.25, -0.2) is 0 Å². The van der Waals surface area contributed by atoms with Crippen molar-refractivity contribution in [1.82, 2.24) is 0 Å². The van der Waals surface area contributed by atoms with E-state index in [2.05, 4.69) is 0 Å². The summed E-state index contributed by atoms with van der Waals surface area (Å²) >= 11 is 0. The van der Waals surface area contributed by atoms with E-state index >= 15 is 0 Å². The fourth-order valence-corrected chi connectivity index (χ4v) is 3.92. The quantitative estimate of drug-likeness (QED) is 0.837. The van der Waals surface area contributed by atoms with Crippen molar-refractivity contribution in [2.24, 2.45) is 0 Å². The molecule has 0 bridgehead atoms. The van der Waals surface area contributed by atoms with E-state index in [1.807, 2.05) is 58.0 Å². The molecule has 3 aliphatic rings. The van der Waals surface area contributed by atoms with Crippen LogP contribution in [0, 0.1) is 0 Å². The first kappa shape index (κ1) is 19.3. The van der Waals surface area contributed by atoms with Crippen molar-refractivity contribution in [3.05, 3.63) is 35.9 Å². The largest absolute Gasteiger partial charge is 0.388 e. The lowest BCUT2D eigenvalue weighted by Gasteiger charge is -2.39. The zero-order valence-electron chi connectivity index (χ0n) is 16.2. The average Bonchev–Trinajstić information content (AvgIpc) is 3.09. The summed E-state index contributed by atoms with van der Waals surface area (Å²) in [5, 5.41) is 10.7. The van der Waals surface area contributed by atoms with Gasteiger partial charge in [-0.15, -0.1) is 0 Å². The highest BCUT2D eigenvalue weighted by molar-refractivity contribution is 5.13. The zero-order valence-corrected chi connectivity index (χ0v) is 16.2. The van der Waals surface area contributed by atoms with E-state index in [0.29, 0.717) is 6.61 Å². The van der Waals surface area contributed by atoms with E-state index in [1.165, 1.54) is 0 Å². The van der Waals surface area contributed by atoms with E-state index in [4.69, 9.17) is 28.4 Å². The van der Waals surface area contributed by atoms with Gasteiger partial charge >= 0.3 is 0 Å². The predicted octanol–water partition coefficient (Wildman–Crippen LogP) is 1.96. The molecule has 3 fully saturated rings. The van der Waals surface area contributed by atoms with Crippen molar-refractivity contribution in [3.8, 4) is 0 Å². The summed E-state index contributed by atoms with van der Waals surface area (Å²) < 4.78 is 35.6. The van der Waals surface area contributed by atoms with Crippen LogP contribution in [0.3, 0.4) is 0 Å². The standard InChI is InChI=1S/C20H28O7/c1-19(2)24-15-14(13(21)11-22-10-12-8-6-5-7-9-12)23-18-17(16(15)25-19)26-20(3,4)27-18/h5-9,13-18,21H,10-11H2,1-4H3/t13-,14-,15+,16+,17-,18-/m1/s1. The van der Waals surface area contributed by atoms with Crippen LogP contribution in [0.2, 0.25) is 0 Å². The van der Waals surface area contributed by atoms with Crippen molar-refractivity contribution in [2.45, 2.75) is 82.7 Å². The van der Waals surface area contributed by atoms with Crippen LogP contribution in [0.4, 0.5) is 0 Å². The van der Waals surface area contributed by atoms with E-state index < -0.39 is 42.3 Å². The number of benzene rings is 1. The van der Waals surface area contributed by atoms with Gasteiger partial charge in [-0.2, -0.15) is 0 Å². The number of hydrogen-bond acceptors (Lipinski definition) is 7. The minimum Gasteiger partial charge on any atom is -0.388 e. The van der Waals surface area contributed by atoms with Gasteiger partial charge in [0, 0.05) is 0 Å². The summed E-state index contributed by atoms with van der Waals surface area (Å²) in [6.45, 7) is 7.89. The lowest BCUT2D eigenvalue weighted by molar-refractivity contribution is -0.256. The van der Waals surface area contributed by atoms with Gasteiger partial charge in [-0.1, -0.05) is 30.3 Å². The molecule has 0 saturated carbocycles. The molecule has 0 aliphatic carbocycles. The first-order chi connectivity index (χ1) is 12.7. The predicted molar refractivity (Wildman–Crippen MR) is 94.6 cm³/mol. The Morgan fingerprint density at radius 2 is 1.56 bits per heavy atom. The Balaban J connectivity index is 1.43.